The van der Waals surface area contributed by atoms with Gasteiger partial charge in [-0.15, -0.1) is 0 Å². The highest BCUT2D eigenvalue weighted by molar-refractivity contribution is 6.30. The fraction of sp³-hybridized carbons (Fsp3) is 0.600. The van der Waals surface area contributed by atoms with E-state index in [-0.39, 0.29) is 0 Å². The van der Waals surface area contributed by atoms with E-state index in [1.54, 1.807) is 0 Å². The fourth-order valence-electron chi connectivity index (χ4n) is 2.58. The Balaban J connectivity index is 1.77. The summed E-state index contributed by atoms with van der Waals surface area (Å²) in [6.07, 6.45) is 2.92. The van der Waals surface area contributed by atoms with Crippen molar-refractivity contribution in [2.24, 2.45) is 0 Å². The zero-order valence-electron chi connectivity index (χ0n) is 11.4. The number of hydrogen-bond donors (Lipinski definition) is 1. The highest BCUT2D eigenvalue weighted by Crippen LogP contribution is 2.27. The Hall–Kier alpha value is -0.770. The van der Waals surface area contributed by atoms with Gasteiger partial charge in [-0.2, -0.15) is 0 Å². The normalized spacial score (nSPS) is 23.7. The molecule has 1 saturated carbocycles. The molecule has 0 radical (unpaired) electrons. The first-order valence-electron chi connectivity index (χ1n) is 7.11. The van der Waals surface area contributed by atoms with Crippen molar-refractivity contribution in [3.8, 4) is 0 Å². The lowest BCUT2D eigenvalue weighted by Crippen LogP contribution is -2.41. The van der Waals surface area contributed by atoms with E-state index in [2.05, 4.69) is 29.3 Å². The molecule has 3 nitrogen and oxygen atoms in total. The molecule has 104 valence electrons. The van der Waals surface area contributed by atoms with Gasteiger partial charge < -0.3 is 15.0 Å². The number of benzene rings is 1. The zero-order valence-corrected chi connectivity index (χ0v) is 12.1. The molecular formula is C15H21ClN2O. The Bertz CT molecular complexity index is 448. The third-order valence-electron chi connectivity index (χ3n) is 3.78. The second-order valence-electron chi connectivity index (χ2n) is 5.56. The van der Waals surface area contributed by atoms with Crippen LogP contribution < -0.4 is 10.2 Å². The van der Waals surface area contributed by atoms with Crippen molar-refractivity contribution in [3.63, 3.8) is 0 Å². The highest BCUT2D eigenvalue weighted by Gasteiger charge is 2.22. The van der Waals surface area contributed by atoms with E-state index in [0.717, 1.165) is 37.3 Å². The molecule has 1 aromatic rings. The van der Waals surface area contributed by atoms with Gasteiger partial charge in [0.25, 0.3) is 0 Å². The lowest BCUT2D eigenvalue weighted by molar-refractivity contribution is 0.0531. The minimum Gasteiger partial charge on any atom is -0.375 e. The maximum atomic E-state index is 6.14. The van der Waals surface area contributed by atoms with E-state index in [9.17, 15) is 0 Å². The lowest BCUT2D eigenvalue weighted by atomic mass is 10.1. The van der Waals surface area contributed by atoms with Crippen LogP contribution in [0.4, 0.5) is 5.69 Å². The summed E-state index contributed by atoms with van der Waals surface area (Å²) in [7, 11) is 0. The number of hydrogen-bond acceptors (Lipinski definition) is 3. The van der Waals surface area contributed by atoms with Gasteiger partial charge in [-0.05, 0) is 43.5 Å². The number of rotatable bonds is 4. The molecule has 1 saturated heterocycles. The largest absolute Gasteiger partial charge is 0.375 e. The summed E-state index contributed by atoms with van der Waals surface area (Å²) in [4.78, 5) is 2.41. The number of ether oxygens (including phenoxy) is 1. The van der Waals surface area contributed by atoms with E-state index in [4.69, 9.17) is 16.3 Å². The van der Waals surface area contributed by atoms with E-state index >= 15 is 0 Å². The summed E-state index contributed by atoms with van der Waals surface area (Å²) >= 11 is 6.14. The molecule has 1 aliphatic carbocycles. The number of nitrogens with one attached hydrogen (secondary N) is 1. The number of morpholine rings is 1. The average molecular weight is 281 g/mol. The van der Waals surface area contributed by atoms with Crippen LogP contribution in [0.2, 0.25) is 5.02 Å². The quantitative estimate of drug-likeness (QED) is 0.918. The van der Waals surface area contributed by atoms with Gasteiger partial charge in [0.1, 0.15) is 0 Å². The number of nitrogens with zero attached hydrogens (tertiary/aromatic N) is 1. The van der Waals surface area contributed by atoms with Crippen LogP contribution in [0.3, 0.4) is 0 Å². The average Bonchev–Trinajstić information content (AvgIpc) is 3.20. The lowest BCUT2D eigenvalue weighted by Gasteiger charge is -2.34. The summed E-state index contributed by atoms with van der Waals surface area (Å²) in [6, 6.07) is 6.93. The molecule has 3 rings (SSSR count). The fourth-order valence-corrected chi connectivity index (χ4v) is 2.78. The van der Waals surface area contributed by atoms with E-state index in [1.807, 2.05) is 6.07 Å². The smallest absolute Gasteiger partial charge is 0.0722 e. The van der Waals surface area contributed by atoms with Gasteiger partial charge >= 0.3 is 0 Å². The van der Waals surface area contributed by atoms with Gasteiger partial charge in [-0.3, -0.25) is 0 Å². The van der Waals surface area contributed by atoms with Crippen molar-refractivity contribution in [3.05, 3.63) is 28.8 Å². The van der Waals surface area contributed by atoms with Crippen molar-refractivity contribution in [2.45, 2.75) is 38.5 Å². The van der Waals surface area contributed by atoms with Crippen molar-refractivity contribution in [2.75, 3.05) is 24.6 Å². The van der Waals surface area contributed by atoms with Gasteiger partial charge in [-0.1, -0.05) is 11.6 Å². The Morgan fingerprint density at radius 1 is 1.42 bits per heavy atom. The summed E-state index contributed by atoms with van der Waals surface area (Å²) in [5, 5.41) is 4.39. The second kappa shape index (κ2) is 5.70. The van der Waals surface area contributed by atoms with E-state index in [0.29, 0.717) is 6.10 Å². The Morgan fingerprint density at radius 3 is 3.00 bits per heavy atom. The molecule has 0 amide bonds. The second-order valence-corrected chi connectivity index (χ2v) is 5.99. The summed E-state index contributed by atoms with van der Waals surface area (Å²) in [5.41, 5.74) is 2.60. The van der Waals surface area contributed by atoms with Crippen molar-refractivity contribution in [1.29, 1.82) is 0 Å². The molecule has 19 heavy (non-hydrogen) atoms. The Morgan fingerprint density at radius 2 is 2.26 bits per heavy atom. The molecule has 2 aliphatic rings. The van der Waals surface area contributed by atoms with Crippen molar-refractivity contribution < 1.29 is 4.74 Å². The van der Waals surface area contributed by atoms with Crippen LogP contribution in [0.1, 0.15) is 25.3 Å². The molecule has 1 N–H and O–H groups in total. The summed E-state index contributed by atoms with van der Waals surface area (Å²) < 4.78 is 5.62. The maximum absolute atomic E-state index is 6.14. The van der Waals surface area contributed by atoms with Gasteiger partial charge in [0.05, 0.1) is 12.7 Å². The van der Waals surface area contributed by atoms with Crippen LogP contribution in [-0.2, 0) is 11.3 Å². The Kier molecular flexibility index (Phi) is 3.96. The predicted molar refractivity (Wildman–Crippen MR) is 78.9 cm³/mol. The molecule has 1 unspecified atom stereocenters. The van der Waals surface area contributed by atoms with Crippen LogP contribution in [0.15, 0.2) is 18.2 Å². The number of anilines is 1. The molecule has 4 heteroatoms. The van der Waals surface area contributed by atoms with Crippen LogP contribution in [0.25, 0.3) is 0 Å². The molecule has 1 aliphatic heterocycles. The molecule has 1 heterocycles. The highest BCUT2D eigenvalue weighted by atomic mass is 35.5. The van der Waals surface area contributed by atoms with Crippen LogP contribution in [0, 0.1) is 0 Å². The standard InChI is InChI=1S/C15H21ClN2O/c1-11-10-18(6-7-19-11)15-5-2-13(16)8-12(15)9-17-14-3-4-14/h2,5,8,11,14,17H,3-4,6-7,9-10H2,1H3. The van der Waals surface area contributed by atoms with Gasteiger partial charge in [0.15, 0.2) is 0 Å². The molecule has 0 spiro atoms. The molecule has 0 aromatic heterocycles. The Labute approximate surface area is 119 Å². The minimum atomic E-state index is 0.300. The molecule has 2 fully saturated rings. The van der Waals surface area contributed by atoms with Crippen LogP contribution in [0.5, 0.6) is 0 Å². The van der Waals surface area contributed by atoms with E-state index in [1.165, 1.54) is 24.1 Å². The maximum Gasteiger partial charge on any atom is 0.0722 e. The van der Waals surface area contributed by atoms with Crippen LogP contribution >= 0.6 is 11.6 Å². The van der Waals surface area contributed by atoms with Gasteiger partial charge in [-0.25, -0.2) is 0 Å². The predicted octanol–water partition coefficient (Wildman–Crippen LogP) is 2.82. The monoisotopic (exact) mass is 280 g/mol. The summed E-state index contributed by atoms with van der Waals surface area (Å²) in [5.74, 6) is 0. The summed E-state index contributed by atoms with van der Waals surface area (Å²) in [6.45, 7) is 5.76. The van der Waals surface area contributed by atoms with Crippen molar-refractivity contribution >= 4 is 17.3 Å². The third-order valence-corrected chi connectivity index (χ3v) is 4.02. The van der Waals surface area contributed by atoms with E-state index < -0.39 is 0 Å². The molecule has 1 aromatic carbocycles. The minimum absolute atomic E-state index is 0.300. The molecular weight excluding hydrogens is 260 g/mol. The van der Waals surface area contributed by atoms with Crippen molar-refractivity contribution in [1.82, 2.24) is 5.32 Å². The first-order valence-corrected chi connectivity index (χ1v) is 7.48. The molecule has 0 bridgehead atoms. The zero-order chi connectivity index (χ0) is 13.2. The first kappa shape index (κ1) is 13.2. The SMILES string of the molecule is CC1CN(c2ccc(Cl)cc2CNC2CC2)CCO1. The van der Waals surface area contributed by atoms with Gasteiger partial charge in [0, 0.05) is 36.4 Å². The van der Waals surface area contributed by atoms with Crippen LogP contribution in [-0.4, -0.2) is 31.8 Å². The number of halogens is 1. The third kappa shape index (κ3) is 3.41. The molecule has 1 atom stereocenters. The topological polar surface area (TPSA) is 24.5 Å². The van der Waals surface area contributed by atoms with Gasteiger partial charge in [0.2, 0.25) is 0 Å². The first-order chi connectivity index (χ1) is 9.22.